The molecule has 4 bridgehead atoms. The molecule has 29 heavy (non-hydrogen) atoms. The van der Waals surface area contributed by atoms with Crippen molar-refractivity contribution in [3.8, 4) is 0 Å². The van der Waals surface area contributed by atoms with Crippen LogP contribution in [-0.4, -0.2) is 4.57 Å². The minimum absolute atomic E-state index is 0.196. The van der Waals surface area contributed by atoms with Crippen molar-refractivity contribution in [3.63, 3.8) is 0 Å². The molecule has 3 heterocycles. The molecular formula is C26H30N2S. The van der Waals surface area contributed by atoms with Crippen LogP contribution in [0.5, 0.6) is 0 Å². The fourth-order valence-corrected chi connectivity index (χ4v) is 9.46. The highest BCUT2D eigenvalue weighted by atomic mass is 32.1. The average Bonchev–Trinajstić information content (AvgIpc) is 3.34. The molecule has 3 heteroatoms. The van der Waals surface area contributed by atoms with Gasteiger partial charge in [0, 0.05) is 23.7 Å². The second-order valence-corrected chi connectivity index (χ2v) is 11.3. The van der Waals surface area contributed by atoms with Gasteiger partial charge < -0.3 is 9.47 Å². The summed E-state index contributed by atoms with van der Waals surface area (Å²) in [5.74, 6) is 3.60. The Bertz CT molecular complexity index is 1110. The first-order chi connectivity index (χ1) is 14.1. The molecule has 4 saturated carbocycles. The van der Waals surface area contributed by atoms with Crippen LogP contribution in [0.2, 0.25) is 0 Å². The Hall–Kier alpha value is -1.74. The van der Waals surface area contributed by atoms with Crippen molar-refractivity contribution in [2.45, 2.75) is 57.5 Å². The second-order valence-electron chi connectivity index (χ2n) is 10.4. The molecular weight excluding hydrogens is 372 g/mol. The topological polar surface area (TPSA) is 8.17 Å². The number of aromatic nitrogens is 1. The third-order valence-electron chi connectivity index (χ3n) is 9.17. The summed E-state index contributed by atoms with van der Waals surface area (Å²) in [5.41, 5.74) is 6.43. The first-order valence-electron chi connectivity index (χ1n) is 11.5. The summed E-state index contributed by atoms with van der Waals surface area (Å²) in [6.45, 7) is 4.80. The third-order valence-corrected chi connectivity index (χ3v) is 10.2. The largest absolute Gasteiger partial charge is 0.353 e. The summed E-state index contributed by atoms with van der Waals surface area (Å²) < 4.78 is 2.62. The van der Waals surface area contributed by atoms with Crippen molar-refractivity contribution in [2.75, 3.05) is 4.90 Å². The number of thiophene rings is 1. The molecule has 0 saturated heterocycles. The lowest BCUT2D eigenvalue weighted by atomic mass is 9.47. The normalized spacial score (nSPS) is 37.2. The Kier molecular flexibility index (Phi) is 3.22. The predicted molar refractivity (Wildman–Crippen MR) is 122 cm³/mol. The lowest BCUT2D eigenvalue weighted by Gasteiger charge is -2.64. The van der Waals surface area contributed by atoms with Gasteiger partial charge in [-0.3, -0.25) is 0 Å². The molecule has 0 unspecified atom stereocenters. The maximum atomic E-state index is 2.93. The van der Waals surface area contributed by atoms with Crippen LogP contribution in [0.4, 0.5) is 5.69 Å². The number of rotatable bonds is 1. The van der Waals surface area contributed by atoms with Crippen LogP contribution in [-0.2, 0) is 12.6 Å². The Morgan fingerprint density at radius 2 is 1.66 bits per heavy atom. The molecule has 4 aliphatic carbocycles. The lowest BCUT2D eigenvalue weighted by Crippen LogP contribution is -2.62. The summed E-state index contributed by atoms with van der Waals surface area (Å²) in [4.78, 5) is 4.41. The van der Waals surface area contributed by atoms with Crippen molar-refractivity contribution in [1.29, 1.82) is 0 Å². The monoisotopic (exact) mass is 402 g/mol. The fourth-order valence-electron chi connectivity index (χ4n) is 8.57. The predicted octanol–water partition coefficient (Wildman–Crippen LogP) is 6.78. The van der Waals surface area contributed by atoms with E-state index < -0.39 is 0 Å². The molecule has 8 rings (SSSR count). The molecule has 1 aliphatic heterocycles. The summed E-state index contributed by atoms with van der Waals surface area (Å²) in [5, 5.41) is 3.81. The lowest BCUT2D eigenvalue weighted by molar-refractivity contribution is -0.0629. The molecule has 150 valence electrons. The first-order valence-corrected chi connectivity index (χ1v) is 12.4. The molecule has 3 aromatic rings. The van der Waals surface area contributed by atoms with Crippen molar-refractivity contribution in [1.82, 2.24) is 4.57 Å². The van der Waals surface area contributed by atoms with Crippen LogP contribution in [0.15, 0.2) is 35.7 Å². The van der Waals surface area contributed by atoms with Gasteiger partial charge in [0.05, 0.1) is 17.3 Å². The molecule has 0 radical (unpaired) electrons. The van der Waals surface area contributed by atoms with E-state index in [4.69, 9.17) is 0 Å². The molecule has 0 N–H and O–H groups in total. The van der Waals surface area contributed by atoms with Crippen LogP contribution in [0.1, 0.15) is 61.9 Å². The zero-order valence-corrected chi connectivity index (χ0v) is 18.5. The SMILES string of the molecule is Cc1ccccc1N1[C@@H](C)c2c(n(C)c3sccc23)C12C1CC3CC(C1)CC2C3. The van der Waals surface area contributed by atoms with Gasteiger partial charge >= 0.3 is 0 Å². The van der Waals surface area contributed by atoms with Gasteiger partial charge in [-0.05, 0) is 92.7 Å². The number of aryl methyl sites for hydroxylation is 2. The summed E-state index contributed by atoms with van der Waals surface area (Å²) in [7, 11) is 2.36. The van der Waals surface area contributed by atoms with E-state index in [1.165, 1.54) is 53.6 Å². The van der Waals surface area contributed by atoms with Gasteiger partial charge in [0.25, 0.3) is 0 Å². The highest BCUT2D eigenvalue weighted by Gasteiger charge is 2.66. The van der Waals surface area contributed by atoms with E-state index in [1.807, 2.05) is 11.3 Å². The number of benzene rings is 1. The number of anilines is 1. The minimum atomic E-state index is 0.196. The third kappa shape index (κ3) is 1.86. The van der Waals surface area contributed by atoms with Gasteiger partial charge in [-0.2, -0.15) is 0 Å². The molecule has 4 fully saturated rings. The first kappa shape index (κ1) is 17.0. The highest BCUT2D eigenvalue weighted by molar-refractivity contribution is 7.16. The van der Waals surface area contributed by atoms with E-state index in [0.29, 0.717) is 6.04 Å². The maximum absolute atomic E-state index is 2.93. The van der Waals surface area contributed by atoms with Crippen LogP contribution < -0.4 is 4.90 Å². The molecule has 2 nitrogen and oxygen atoms in total. The van der Waals surface area contributed by atoms with E-state index in [2.05, 4.69) is 66.1 Å². The number of hydrogen-bond acceptors (Lipinski definition) is 2. The van der Waals surface area contributed by atoms with Crippen molar-refractivity contribution in [2.24, 2.45) is 30.7 Å². The number of para-hydroxylation sites is 1. The number of nitrogens with zero attached hydrogens (tertiary/aromatic N) is 2. The minimum Gasteiger partial charge on any atom is -0.353 e. The van der Waals surface area contributed by atoms with Gasteiger partial charge in [-0.15, -0.1) is 11.3 Å². The van der Waals surface area contributed by atoms with Crippen LogP contribution in [0, 0.1) is 30.6 Å². The van der Waals surface area contributed by atoms with Crippen molar-refractivity contribution >= 4 is 27.2 Å². The maximum Gasteiger partial charge on any atom is 0.103 e. The van der Waals surface area contributed by atoms with Crippen molar-refractivity contribution in [3.05, 3.63) is 52.5 Å². The van der Waals surface area contributed by atoms with Gasteiger partial charge in [-0.25, -0.2) is 0 Å². The Morgan fingerprint density at radius 3 is 2.34 bits per heavy atom. The Morgan fingerprint density at radius 1 is 0.966 bits per heavy atom. The van der Waals surface area contributed by atoms with Crippen LogP contribution >= 0.6 is 11.3 Å². The standard InChI is InChI=1S/C26H30N2S/c1-15-6-4-5-7-22(15)28-16(2)23-21-8-9-29-25(21)27(3)24(23)26(28)19-11-17-10-18(13-19)14-20(26)12-17/h4-9,16-20H,10-14H2,1-3H3/t16-,17?,18?,19?,20?,26?/m0/s1. The number of hydrogen-bond donors (Lipinski definition) is 0. The van der Waals surface area contributed by atoms with Crippen molar-refractivity contribution < 1.29 is 0 Å². The van der Waals surface area contributed by atoms with Crippen LogP contribution in [0.3, 0.4) is 0 Å². The van der Waals surface area contributed by atoms with Gasteiger partial charge in [0.2, 0.25) is 0 Å². The summed E-state index contributed by atoms with van der Waals surface area (Å²) >= 11 is 1.93. The zero-order chi connectivity index (χ0) is 19.5. The summed E-state index contributed by atoms with van der Waals surface area (Å²) in [6.07, 6.45) is 7.29. The van der Waals surface area contributed by atoms with Gasteiger partial charge in [0.15, 0.2) is 0 Å². The van der Waals surface area contributed by atoms with E-state index >= 15 is 0 Å². The summed E-state index contributed by atoms with van der Waals surface area (Å²) in [6, 6.07) is 12.0. The van der Waals surface area contributed by atoms with E-state index in [0.717, 1.165) is 23.7 Å². The van der Waals surface area contributed by atoms with Gasteiger partial charge in [0.1, 0.15) is 4.83 Å². The van der Waals surface area contributed by atoms with Gasteiger partial charge in [-0.1, -0.05) is 18.2 Å². The molecule has 1 atom stereocenters. The average molecular weight is 403 g/mol. The molecule has 0 amide bonds. The Balaban J connectivity index is 1.56. The fraction of sp³-hybridized carbons (Fsp3) is 0.538. The van der Waals surface area contributed by atoms with Crippen LogP contribution in [0.25, 0.3) is 10.2 Å². The van der Waals surface area contributed by atoms with E-state index in [-0.39, 0.29) is 5.54 Å². The molecule has 1 spiro atoms. The smallest absolute Gasteiger partial charge is 0.103 e. The quantitative estimate of drug-likeness (QED) is 0.435. The molecule has 5 aliphatic rings. The Labute approximate surface area is 177 Å². The van der Waals surface area contributed by atoms with E-state index in [1.54, 1.807) is 11.3 Å². The highest BCUT2D eigenvalue weighted by Crippen LogP contribution is 2.69. The molecule has 2 aromatic heterocycles. The zero-order valence-electron chi connectivity index (χ0n) is 17.7. The second kappa shape index (κ2) is 5.49. The molecule has 1 aromatic carbocycles. The van der Waals surface area contributed by atoms with E-state index in [9.17, 15) is 0 Å². The number of fused-ring (bicyclic) bond motifs is 3.